The van der Waals surface area contributed by atoms with Gasteiger partial charge in [0, 0.05) is 25.7 Å². The van der Waals surface area contributed by atoms with E-state index in [2.05, 4.69) is 4.72 Å². The van der Waals surface area contributed by atoms with Crippen molar-refractivity contribution >= 4 is 10.2 Å². The Morgan fingerprint density at radius 1 is 1.53 bits per heavy atom. The van der Waals surface area contributed by atoms with E-state index in [1.165, 1.54) is 4.31 Å². The van der Waals surface area contributed by atoms with Gasteiger partial charge in [0.15, 0.2) is 0 Å². The molecular weight excluding hydrogens is 242 g/mol. The highest BCUT2D eigenvalue weighted by Crippen LogP contribution is 2.23. The Morgan fingerprint density at radius 3 is 2.53 bits per heavy atom. The first-order chi connectivity index (χ1) is 7.79. The molecule has 6 nitrogen and oxygen atoms in total. The SMILES string of the molecule is CCOC1CC(N)C1NS(=O)(=O)N(C)C(C)C. The minimum atomic E-state index is -3.48. The Hall–Kier alpha value is -0.210. The fourth-order valence-electron chi connectivity index (χ4n) is 1.72. The summed E-state index contributed by atoms with van der Waals surface area (Å²) in [6.07, 6.45) is 0.595. The normalized spacial score (nSPS) is 29.7. The average molecular weight is 265 g/mol. The first kappa shape index (κ1) is 14.8. The number of rotatable bonds is 6. The van der Waals surface area contributed by atoms with Crippen molar-refractivity contribution < 1.29 is 13.2 Å². The van der Waals surface area contributed by atoms with Gasteiger partial charge in [-0.1, -0.05) is 0 Å². The van der Waals surface area contributed by atoms with Crippen LogP contribution in [0.25, 0.3) is 0 Å². The molecule has 102 valence electrons. The molecule has 1 rings (SSSR count). The number of nitrogens with two attached hydrogens (primary N) is 1. The Bertz CT molecular complexity index is 343. The van der Waals surface area contributed by atoms with Crippen molar-refractivity contribution in [3.63, 3.8) is 0 Å². The summed E-state index contributed by atoms with van der Waals surface area (Å²) in [5.74, 6) is 0. The highest BCUT2D eigenvalue weighted by Gasteiger charge is 2.42. The summed E-state index contributed by atoms with van der Waals surface area (Å²) in [4.78, 5) is 0. The topological polar surface area (TPSA) is 84.7 Å². The third-order valence-electron chi connectivity index (χ3n) is 3.14. The van der Waals surface area contributed by atoms with Gasteiger partial charge < -0.3 is 10.5 Å². The lowest BCUT2D eigenvalue weighted by atomic mass is 9.84. The molecule has 17 heavy (non-hydrogen) atoms. The first-order valence-corrected chi connectivity index (χ1v) is 7.36. The Morgan fingerprint density at radius 2 is 2.12 bits per heavy atom. The molecule has 1 aliphatic carbocycles. The van der Waals surface area contributed by atoms with Gasteiger partial charge >= 0.3 is 0 Å². The Labute approximate surface area is 104 Å². The zero-order valence-electron chi connectivity index (χ0n) is 10.9. The van der Waals surface area contributed by atoms with E-state index in [4.69, 9.17) is 10.5 Å². The highest BCUT2D eigenvalue weighted by molar-refractivity contribution is 7.87. The number of ether oxygens (including phenoxy) is 1. The van der Waals surface area contributed by atoms with Crippen LogP contribution in [0.1, 0.15) is 27.2 Å². The molecule has 3 atom stereocenters. The summed E-state index contributed by atoms with van der Waals surface area (Å²) < 4.78 is 33.3. The molecule has 0 heterocycles. The minimum Gasteiger partial charge on any atom is -0.377 e. The van der Waals surface area contributed by atoms with Crippen LogP contribution in [0.5, 0.6) is 0 Å². The van der Waals surface area contributed by atoms with Crippen LogP contribution in [0.2, 0.25) is 0 Å². The van der Waals surface area contributed by atoms with E-state index in [1.54, 1.807) is 7.05 Å². The number of nitrogens with one attached hydrogen (secondary N) is 1. The molecule has 7 heteroatoms. The lowest BCUT2D eigenvalue weighted by Crippen LogP contribution is -2.66. The predicted molar refractivity (Wildman–Crippen MR) is 66.7 cm³/mol. The fourth-order valence-corrected chi connectivity index (χ4v) is 3.11. The summed E-state index contributed by atoms with van der Waals surface area (Å²) in [5, 5.41) is 0. The standard InChI is InChI=1S/C10H23N3O3S/c1-5-16-9-6-8(11)10(9)12-17(14,15)13(4)7(2)3/h7-10,12H,5-6,11H2,1-4H3. The first-order valence-electron chi connectivity index (χ1n) is 5.92. The number of hydrogen-bond donors (Lipinski definition) is 2. The maximum atomic E-state index is 12.0. The molecule has 3 unspecified atom stereocenters. The van der Waals surface area contributed by atoms with Crippen LogP contribution in [0.15, 0.2) is 0 Å². The molecule has 3 N–H and O–H groups in total. The molecule has 0 aliphatic heterocycles. The van der Waals surface area contributed by atoms with Crippen molar-refractivity contribution in [1.82, 2.24) is 9.03 Å². The minimum absolute atomic E-state index is 0.0886. The van der Waals surface area contributed by atoms with E-state index in [0.29, 0.717) is 13.0 Å². The number of hydrogen-bond acceptors (Lipinski definition) is 4. The highest BCUT2D eigenvalue weighted by atomic mass is 32.2. The molecule has 0 radical (unpaired) electrons. The van der Waals surface area contributed by atoms with Crippen molar-refractivity contribution in [2.24, 2.45) is 5.73 Å². The molecule has 0 spiro atoms. The van der Waals surface area contributed by atoms with Crippen LogP contribution in [0.3, 0.4) is 0 Å². The summed E-state index contributed by atoms with van der Waals surface area (Å²) in [6.45, 7) is 6.09. The summed E-state index contributed by atoms with van der Waals surface area (Å²) in [6, 6.07) is -0.572. The van der Waals surface area contributed by atoms with Crippen LogP contribution < -0.4 is 10.5 Å². The molecular formula is C10H23N3O3S. The van der Waals surface area contributed by atoms with Gasteiger partial charge in [-0.3, -0.25) is 0 Å². The smallest absolute Gasteiger partial charge is 0.279 e. The van der Waals surface area contributed by atoms with E-state index >= 15 is 0 Å². The zero-order valence-corrected chi connectivity index (χ0v) is 11.7. The summed E-state index contributed by atoms with van der Waals surface area (Å²) in [5.41, 5.74) is 5.80. The fraction of sp³-hybridized carbons (Fsp3) is 1.00. The van der Waals surface area contributed by atoms with Gasteiger partial charge in [-0.2, -0.15) is 17.4 Å². The zero-order chi connectivity index (χ0) is 13.2. The molecule has 0 aromatic carbocycles. The van der Waals surface area contributed by atoms with Crippen molar-refractivity contribution in [3.05, 3.63) is 0 Å². The van der Waals surface area contributed by atoms with Gasteiger partial charge in [0.2, 0.25) is 0 Å². The van der Waals surface area contributed by atoms with Crippen molar-refractivity contribution in [1.29, 1.82) is 0 Å². The van der Waals surface area contributed by atoms with E-state index < -0.39 is 10.2 Å². The molecule has 0 bridgehead atoms. The lowest BCUT2D eigenvalue weighted by molar-refractivity contribution is -0.0252. The Kier molecular flexibility index (Phi) is 4.91. The van der Waals surface area contributed by atoms with E-state index in [1.807, 2.05) is 20.8 Å². The second-order valence-electron chi connectivity index (χ2n) is 4.65. The van der Waals surface area contributed by atoms with Crippen molar-refractivity contribution in [3.8, 4) is 0 Å². The predicted octanol–water partition coefficient (Wildman–Crippen LogP) is -0.334. The molecule has 0 amide bonds. The second kappa shape index (κ2) is 5.62. The third kappa shape index (κ3) is 3.38. The van der Waals surface area contributed by atoms with Crippen LogP contribution in [-0.4, -0.2) is 50.6 Å². The van der Waals surface area contributed by atoms with Crippen molar-refractivity contribution in [2.45, 2.75) is 51.4 Å². The molecule has 1 aliphatic rings. The average Bonchev–Trinajstić information content (AvgIpc) is 2.25. The molecule has 1 fully saturated rings. The maximum Gasteiger partial charge on any atom is 0.279 e. The van der Waals surface area contributed by atoms with Gasteiger partial charge in [0.05, 0.1) is 12.1 Å². The van der Waals surface area contributed by atoms with Gasteiger partial charge in [-0.15, -0.1) is 0 Å². The van der Waals surface area contributed by atoms with E-state index in [0.717, 1.165) is 0 Å². The van der Waals surface area contributed by atoms with Crippen LogP contribution in [0.4, 0.5) is 0 Å². The third-order valence-corrected chi connectivity index (χ3v) is 4.89. The van der Waals surface area contributed by atoms with Crippen LogP contribution >= 0.6 is 0 Å². The van der Waals surface area contributed by atoms with Gasteiger partial charge in [-0.05, 0) is 27.2 Å². The summed E-state index contributed by atoms with van der Waals surface area (Å²) >= 11 is 0. The van der Waals surface area contributed by atoms with E-state index in [-0.39, 0.29) is 24.2 Å². The quantitative estimate of drug-likeness (QED) is 0.688. The molecule has 0 aromatic heterocycles. The van der Waals surface area contributed by atoms with Gasteiger partial charge in [-0.25, -0.2) is 0 Å². The van der Waals surface area contributed by atoms with Gasteiger partial charge in [0.25, 0.3) is 10.2 Å². The van der Waals surface area contributed by atoms with Crippen molar-refractivity contribution in [2.75, 3.05) is 13.7 Å². The molecule has 0 aromatic rings. The summed E-state index contributed by atoms with van der Waals surface area (Å²) in [7, 11) is -1.93. The lowest BCUT2D eigenvalue weighted by Gasteiger charge is -2.42. The van der Waals surface area contributed by atoms with Crippen LogP contribution in [-0.2, 0) is 14.9 Å². The number of nitrogens with zero attached hydrogens (tertiary/aromatic N) is 1. The molecule has 0 saturated heterocycles. The van der Waals surface area contributed by atoms with Crippen LogP contribution in [0, 0.1) is 0 Å². The largest absolute Gasteiger partial charge is 0.377 e. The monoisotopic (exact) mass is 265 g/mol. The van der Waals surface area contributed by atoms with E-state index in [9.17, 15) is 8.42 Å². The maximum absolute atomic E-state index is 12.0. The Balaban J connectivity index is 2.64. The molecule has 1 saturated carbocycles. The second-order valence-corrected chi connectivity index (χ2v) is 6.41. The van der Waals surface area contributed by atoms with Gasteiger partial charge in [0.1, 0.15) is 0 Å².